The fraction of sp³-hybridized carbons (Fsp3) is 0.750. The number of aryl methyl sites for hydroxylation is 1. The van der Waals surface area contributed by atoms with Gasteiger partial charge in [-0.2, -0.15) is 5.10 Å². The Bertz CT molecular complexity index is 343. The summed E-state index contributed by atoms with van der Waals surface area (Å²) < 4.78 is 7.49. The summed E-state index contributed by atoms with van der Waals surface area (Å²) in [5, 5.41) is 14.3. The van der Waals surface area contributed by atoms with E-state index in [0.717, 1.165) is 31.4 Å². The minimum absolute atomic E-state index is 0.381. The predicted octanol–water partition coefficient (Wildman–Crippen LogP) is 1.28. The van der Waals surface area contributed by atoms with E-state index in [1.807, 2.05) is 20.2 Å². The zero-order valence-electron chi connectivity index (χ0n) is 10.0. The lowest BCUT2D eigenvalue weighted by atomic mass is 9.87. The first-order chi connectivity index (χ1) is 7.60. The molecule has 4 nitrogen and oxygen atoms in total. The zero-order valence-corrected chi connectivity index (χ0v) is 10.0. The number of rotatable bonds is 3. The van der Waals surface area contributed by atoms with Gasteiger partial charge in [-0.25, -0.2) is 0 Å². The first-order valence-corrected chi connectivity index (χ1v) is 5.90. The van der Waals surface area contributed by atoms with Crippen molar-refractivity contribution in [2.45, 2.75) is 44.3 Å². The van der Waals surface area contributed by atoms with Crippen molar-refractivity contribution in [1.82, 2.24) is 9.78 Å². The van der Waals surface area contributed by atoms with E-state index in [-0.39, 0.29) is 5.60 Å². The monoisotopic (exact) mass is 224 g/mol. The minimum atomic E-state index is -0.447. The number of hydrogen-bond acceptors (Lipinski definition) is 3. The quantitative estimate of drug-likeness (QED) is 0.841. The predicted molar refractivity (Wildman–Crippen MR) is 61.1 cm³/mol. The number of aromatic nitrogens is 2. The topological polar surface area (TPSA) is 47.3 Å². The molecular weight excluding hydrogens is 204 g/mol. The second-order valence-corrected chi connectivity index (χ2v) is 4.86. The Morgan fingerprint density at radius 2 is 2.44 bits per heavy atom. The minimum Gasteiger partial charge on any atom is -0.390 e. The number of aliphatic hydroxyl groups excluding tert-OH is 1. The van der Waals surface area contributed by atoms with E-state index >= 15 is 0 Å². The number of ether oxygens (including phenoxy) is 1. The zero-order chi connectivity index (χ0) is 11.6. The van der Waals surface area contributed by atoms with Crippen molar-refractivity contribution in [1.29, 1.82) is 0 Å². The van der Waals surface area contributed by atoms with E-state index in [1.165, 1.54) is 0 Å². The maximum atomic E-state index is 10.2. The Labute approximate surface area is 96.2 Å². The molecule has 1 aliphatic rings. The van der Waals surface area contributed by atoms with Gasteiger partial charge >= 0.3 is 0 Å². The molecule has 0 spiro atoms. The molecule has 1 saturated heterocycles. The van der Waals surface area contributed by atoms with Crippen LogP contribution in [0.25, 0.3) is 0 Å². The fourth-order valence-corrected chi connectivity index (χ4v) is 2.23. The molecule has 16 heavy (non-hydrogen) atoms. The molecule has 1 aromatic rings. The van der Waals surface area contributed by atoms with Gasteiger partial charge in [-0.05, 0) is 31.7 Å². The van der Waals surface area contributed by atoms with Gasteiger partial charge in [0.15, 0.2) is 0 Å². The molecule has 2 atom stereocenters. The molecule has 2 unspecified atom stereocenters. The molecule has 0 saturated carbocycles. The van der Waals surface area contributed by atoms with Crippen LogP contribution in [0.3, 0.4) is 0 Å². The van der Waals surface area contributed by atoms with Gasteiger partial charge in [0.2, 0.25) is 0 Å². The Morgan fingerprint density at radius 3 is 3.00 bits per heavy atom. The highest BCUT2D eigenvalue weighted by Gasteiger charge is 2.35. The largest absolute Gasteiger partial charge is 0.390 e. The molecule has 0 aliphatic carbocycles. The van der Waals surface area contributed by atoms with Gasteiger partial charge in [-0.3, -0.25) is 4.68 Å². The second kappa shape index (κ2) is 4.55. The van der Waals surface area contributed by atoms with Crippen LogP contribution in [0, 0.1) is 0 Å². The molecule has 90 valence electrons. The highest BCUT2D eigenvalue weighted by atomic mass is 16.5. The molecule has 1 N–H and O–H groups in total. The summed E-state index contributed by atoms with van der Waals surface area (Å²) in [5.74, 6) is 0. The molecule has 2 rings (SSSR count). The summed E-state index contributed by atoms with van der Waals surface area (Å²) in [6.07, 6.45) is 7.09. The first-order valence-electron chi connectivity index (χ1n) is 5.90. The van der Waals surface area contributed by atoms with Crippen molar-refractivity contribution in [3.8, 4) is 0 Å². The summed E-state index contributed by atoms with van der Waals surface area (Å²) in [6, 6.07) is 0. The van der Waals surface area contributed by atoms with Crippen LogP contribution >= 0.6 is 0 Å². The van der Waals surface area contributed by atoms with Gasteiger partial charge in [0.05, 0.1) is 17.9 Å². The Morgan fingerprint density at radius 1 is 1.62 bits per heavy atom. The average Bonchev–Trinajstić information content (AvgIpc) is 2.65. The lowest BCUT2D eigenvalue weighted by molar-refractivity contribution is -0.135. The molecule has 2 heterocycles. The van der Waals surface area contributed by atoms with E-state index in [2.05, 4.69) is 5.10 Å². The maximum absolute atomic E-state index is 10.2. The molecule has 1 fully saturated rings. The first kappa shape index (κ1) is 11.6. The van der Waals surface area contributed by atoms with E-state index in [9.17, 15) is 5.11 Å². The summed E-state index contributed by atoms with van der Waals surface area (Å²) in [5.41, 5.74) is 0.680. The number of hydrogen-bond donors (Lipinski definition) is 1. The highest BCUT2D eigenvalue weighted by molar-refractivity contribution is 5.07. The molecule has 0 radical (unpaired) electrons. The van der Waals surface area contributed by atoms with Crippen LogP contribution in [0.15, 0.2) is 12.4 Å². The van der Waals surface area contributed by atoms with Crippen molar-refractivity contribution < 1.29 is 9.84 Å². The van der Waals surface area contributed by atoms with Gasteiger partial charge in [0, 0.05) is 26.3 Å². The normalized spacial score (nSPS) is 27.9. The molecule has 4 heteroatoms. The molecular formula is C12H20N2O2. The average molecular weight is 224 g/mol. The van der Waals surface area contributed by atoms with Gasteiger partial charge in [-0.15, -0.1) is 0 Å². The van der Waals surface area contributed by atoms with Crippen LogP contribution in [0.5, 0.6) is 0 Å². The van der Waals surface area contributed by atoms with Crippen molar-refractivity contribution >= 4 is 0 Å². The van der Waals surface area contributed by atoms with Gasteiger partial charge in [0.1, 0.15) is 0 Å². The van der Waals surface area contributed by atoms with Gasteiger partial charge < -0.3 is 9.84 Å². The van der Waals surface area contributed by atoms with E-state index in [4.69, 9.17) is 4.74 Å². The third-order valence-electron chi connectivity index (χ3n) is 3.39. The SMILES string of the molecule is Cn1cc(CC(O)C2(C)CCCCO2)cn1. The Kier molecular flexibility index (Phi) is 3.30. The molecule has 0 bridgehead atoms. The van der Waals surface area contributed by atoms with Crippen LogP contribution in [-0.4, -0.2) is 33.2 Å². The third kappa shape index (κ3) is 2.44. The Hall–Kier alpha value is -0.870. The lowest BCUT2D eigenvalue weighted by Crippen LogP contribution is -2.45. The van der Waals surface area contributed by atoms with Crippen LogP contribution < -0.4 is 0 Å². The van der Waals surface area contributed by atoms with Crippen LogP contribution in [0.1, 0.15) is 31.7 Å². The van der Waals surface area contributed by atoms with Crippen molar-refractivity contribution in [3.63, 3.8) is 0 Å². The number of aliphatic hydroxyl groups is 1. The summed E-state index contributed by atoms with van der Waals surface area (Å²) in [6.45, 7) is 2.77. The molecule has 0 amide bonds. The smallest absolute Gasteiger partial charge is 0.0915 e. The maximum Gasteiger partial charge on any atom is 0.0915 e. The lowest BCUT2D eigenvalue weighted by Gasteiger charge is -2.37. The van der Waals surface area contributed by atoms with E-state index in [0.29, 0.717) is 6.42 Å². The molecule has 0 aromatic carbocycles. The van der Waals surface area contributed by atoms with E-state index < -0.39 is 6.10 Å². The third-order valence-corrected chi connectivity index (χ3v) is 3.39. The summed E-state index contributed by atoms with van der Waals surface area (Å²) >= 11 is 0. The van der Waals surface area contributed by atoms with Crippen LogP contribution in [-0.2, 0) is 18.2 Å². The second-order valence-electron chi connectivity index (χ2n) is 4.86. The standard InChI is InChI=1S/C12H20N2O2/c1-12(5-3-4-6-16-12)11(15)7-10-8-13-14(2)9-10/h8-9,11,15H,3-7H2,1-2H3. The van der Waals surface area contributed by atoms with Crippen LogP contribution in [0.2, 0.25) is 0 Å². The molecule has 1 aliphatic heterocycles. The summed E-state index contributed by atoms with van der Waals surface area (Å²) in [4.78, 5) is 0. The Balaban J connectivity index is 1.98. The fourth-order valence-electron chi connectivity index (χ4n) is 2.23. The van der Waals surface area contributed by atoms with Crippen molar-refractivity contribution in [2.75, 3.05) is 6.61 Å². The summed E-state index contributed by atoms with van der Waals surface area (Å²) in [7, 11) is 1.88. The van der Waals surface area contributed by atoms with Crippen molar-refractivity contribution in [2.24, 2.45) is 7.05 Å². The van der Waals surface area contributed by atoms with Gasteiger partial charge in [0.25, 0.3) is 0 Å². The van der Waals surface area contributed by atoms with Crippen molar-refractivity contribution in [3.05, 3.63) is 18.0 Å². The van der Waals surface area contributed by atoms with Gasteiger partial charge in [-0.1, -0.05) is 0 Å². The highest BCUT2D eigenvalue weighted by Crippen LogP contribution is 2.29. The van der Waals surface area contributed by atoms with Crippen LogP contribution in [0.4, 0.5) is 0 Å². The van der Waals surface area contributed by atoms with E-state index in [1.54, 1.807) is 10.9 Å². The molecule has 1 aromatic heterocycles. The number of nitrogens with zero attached hydrogens (tertiary/aromatic N) is 2.